The molecule has 5 rings (SSSR count). The monoisotopic (exact) mass is 579 g/mol. The molecule has 0 unspecified atom stereocenters. The number of halogens is 1. The molecule has 4 aromatic carbocycles. The van der Waals surface area contributed by atoms with Gasteiger partial charge in [-0.3, -0.25) is 14.4 Å². The Bertz CT molecular complexity index is 1660. The molecule has 0 saturated carbocycles. The number of amides is 5. The second-order valence-corrected chi connectivity index (χ2v) is 10.0. The fourth-order valence-corrected chi connectivity index (χ4v) is 4.76. The van der Waals surface area contributed by atoms with Crippen LogP contribution in [0.15, 0.2) is 103 Å². The number of anilines is 3. The first-order chi connectivity index (χ1) is 20.2. The molecule has 0 spiro atoms. The lowest BCUT2D eigenvalue weighted by molar-refractivity contribution is -0.121. The second kappa shape index (κ2) is 12.1. The predicted molar refractivity (Wildman–Crippen MR) is 163 cm³/mol. The fraction of sp³-hybridized carbons (Fsp3) is 0.0909. The van der Waals surface area contributed by atoms with Gasteiger partial charge in [-0.15, -0.1) is 0 Å². The molecule has 9 heteroatoms. The first-order valence-corrected chi connectivity index (χ1v) is 13.4. The molecule has 8 nitrogen and oxygen atoms in total. The minimum Gasteiger partial charge on any atom is -0.482 e. The lowest BCUT2D eigenvalue weighted by atomic mass is 10.0. The van der Waals surface area contributed by atoms with E-state index in [-0.39, 0.29) is 28.9 Å². The van der Waals surface area contributed by atoms with Crippen LogP contribution >= 0.6 is 11.6 Å². The summed E-state index contributed by atoms with van der Waals surface area (Å²) in [5, 5.41) is 2.99. The van der Waals surface area contributed by atoms with E-state index in [1.54, 1.807) is 72.8 Å². The molecule has 0 aliphatic carbocycles. The summed E-state index contributed by atoms with van der Waals surface area (Å²) in [6.45, 7) is 3.61. The number of hydrogen-bond acceptors (Lipinski definition) is 5. The number of urea groups is 1. The molecule has 0 aromatic heterocycles. The molecular formula is C33H26ClN3O5. The van der Waals surface area contributed by atoms with Crippen molar-refractivity contribution >= 4 is 58.5 Å². The Hall–Kier alpha value is -5.21. The van der Waals surface area contributed by atoms with Crippen molar-refractivity contribution in [2.45, 2.75) is 13.8 Å². The number of rotatable bonds is 7. The maximum absolute atomic E-state index is 13.5. The van der Waals surface area contributed by atoms with E-state index in [0.29, 0.717) is 22.6 Å². The summed E-state index contributed by atoms with van der Waals surface area (Å²) in [6.07, 6.45) is 1.38. The highest BCUT2D eigenvalue weighted by molar-refractivity contribution is 6.46. The highest BCUT2D eigenvalue weighted by atomic mass is 35.5. The minimum absolute atomic E-state index is 0.176. The number of benzene rings is 4. The van der Waals surface area contributed by atoms with Crippen LogP contribution in [0.3, 0.4) is 0 Å². The first-order valence-electron chi connectivity index (χ1n) is 13.1. The van der Waals surface area contributed by atoms with Gasteiger partial charge < -0.3 is 10.1 Å². The lowest BCUT2D eigenvalue weighted by Gasteiger charge is -2.33. The van der Waals surface area contributed by atoms with E-state index >= 15 is 0 Å². The number of aryl methyl sites for hydroxylation is 2. The van der Waals surface area contributed by atoms with E-state index in [4.69, 9.17) is 16.3 Å². The Kier molecular flexibility index (Phi) is 8.17. The van der Waals surface area contributed by atoms with E-state index in [9.17, 15) is 19.2 Å². The molecule has 0 radical (unpaired) electrons. The summed E-state index contributed by atoms with van der Waals surface area (Å²) >= 11 is 6.45. The number of nitrogens with one attached hydrogen (secondary N) is 1. The number of nitrogens with zero attached hydrogens (tertiary/aromatic N) is 2. The molecular weight excluding hydrogens is 554 g/mol. The van der Waals surface area contributed by atoms with Crippen molar-refractivity contribution in [2.24, 2.45) is 0 Å². The zero-order valence-corrected chi connectivity index (χ0v) is 23.6. The van der Waals surface area contributed by atoms with Gasteiger partial charge in [0.15, 0.2) is 6.61 Å². The summed E-state index contributed by atoms with van der Waals surface area (Å²) < 4.78 is 5.63. The van der Waals surface area contributed by atoms with Crippen LogP contribution in [0.4, 0.5) is 21.9 Å². The number of hydrogen-bond donors (Lipinski definition) is 1. The maximum Gasteiger partial charge on any atom is 0.343 e. The van der Waals surface area contributed by atoms with Gasteiger partial charge in [-0.05, 0) is 73.5 Å². The number of ether oxygens (including phenoxy) is 1. The summed E-state index contributed by atoms with van der Waals surface area (Å²) in [7, 11) is 0. The van der Waals surface area contributed by atoms with E-state index in [2.05, 4.69) is 5.32 Å². The quantitative estimate of drug-likeness (QED) is 0.198. The molecule has 210 valence electrons. The molecule has 0 atom stereocenters. The third kappa shape index (κ3) is 5.94. The van der Waals surface area contributed by atoms with Gasteiger partial charge in [0.2, 0.25) is 0 Å². The fourth-order valence-electron chi connectivity index (χ4n) is 4.51. The van der Waals surface area contributed by atoms with Crippen molar-refractivity contribution < 1.29 is 23.9 Å². The Balaban J connectivity index is 1.39. The molecule has 1 heterocycles. The second-order valence-electron chi connectivity index (χ2n) is 9.64. The van der Waals surface area contributed by atoms with E-state index in [0.717, 1.165) is 20.9 Å². The van der Waals surface area contributed by atoms with Crippen molar-refractivity contribution in [3.8, 4) is 5.75 Å². The van der Waals surface area contributed by atoms with Crippen LogP contribution in [0.1, 0.15) is 16.7 Å². The average molecular weight is 580 g/mol. The molecule has 1 fully saturated rings. The number of carbonyl (C=O) groups is 4. The van der Waals surface area contributed by atoms with Crippen molar-refractivity contribution in [2.75, 3.05) is 21.7 Å². The number of para-hydroxylation sites is 2. The van der Waals surface area contributed by atoms with Crippen molar-refractivity contribution in [3.63, 3.8) is 0 Å². The Morgan fingerprint density at radius 2 is 1.40 bits per heavy atom. The molecule has 1 aliphatic rings. The summed E-state index contributed by atoms with van der Waals surface area (Å²) in [4.78, 5) is 54.9. The van der Waals surface area contributed by atoms with Crippen LogP contribution in [0.2, 0.25) is 5.02 Å². The van der Waals surface area contributed by atoms with Crippen molar-refractivity contribution in [1.82, 2.24) is 0 Å². The van der Waals surface area contributed by atoms with E-state index in [1.807, 2.05) is 32.0 Å². The third-order valence-corrected chi connectivity index (χ3v) is 6.86. The van der Waals surface area contributed by atoms with Crippen LogP contribution in [-0.2, 0) is 14.4 Å². The zero-order valence-electron chi connectivity index (χ0n) is 22.8. The number of barbiturate groups is 1. The van der Waals surface area contributed by atoms with E-state index < -0.39 is 17.8 Å². The van der Waals surface area contributed by atoms with Crippen molar-refractivity contribution in [3.05, 3.63) is 124 Å². The van der Waals surface area contributed by atoms with Crippen LogP contribution < -0.4 is 19.9 Å². The van der Waals surface area contributed by atoms with Gasteiger partial charge in [0.25, 0.3) is 17.7 Å². The molecule has 42 heavy (non-hydrogen) atoms. The smallest absolute Gasteiger partial charge is 0.343 e. The van der Waals surface area contributed by atoms with Gasteiger partial charge in [0.05, 0.1) is 16.4 Å². The largest absolute Gasteiger partial charge is 0.482 e. The van der Waals surface area contributed by atoms with E-state index in [1.165, 1.54) is 12.1 Å². The minimum atomic E-state index is -0.777. The van der Waals surface area contributed by atoms with Gasteiger partial charge in [-0.2, -0.15) is 0 Å². The molecule has 5 amide bonds. The predicted octanol–water partition coefficient (Wildman–Crippen LogP) is 6.56. The standard InChI is InChI=1S/C33H26ClN3O5/c1-21-13-15-28(22(2)17-21)35-30(38)20-42-29-16-14-23(19-27(29)34)18-26-31(39)36(24-9-5-3-6-10-24)33(41)37(32(26)40)25-11-7-4-8-12-25/h3-19H,20H2,1-2H3,(H,35,38). The summed E-state index contributed by atoms with van der Waals surface area (Å²) in [5.41, 5.74) is 3.58. The molecule has 4 aromatic rings. The Morgan fingerprint density at radius 1 is 0.810 bits per heavy atom. The lowest BCUT2D eigenvalue weighted by Crippen LogP contribution is -2.57. The number of carbonyl (C=O) groups excluding carboxylic acids is 4. The van der Waals surface area contributed by atoms with Crippen LogP contribution in [0.25, 0.3) is 6.08 Å². The molecule has 1 N–H and O–H groups in total. The Labute approximate surface area is 247 Å². The van der Waals surface area contributed by atoms with Gasteiger partial charge >= 0.3 is 6.03 Å². The molecule has 1 aliphatic heterocycles. The van der Waals surface area contributed by atoms with Crippen molar-refractivity contribution in [1.29, 1.82) is 0 Å². The zero-order chi connectivity index (χ0) is 29.8. The molecule has 0 bridgehead atoms. The molecule has 1 saturated heterocycles. The average Bonchev–Trinajstić information content (AvgIpc) is 2.97. The topological polar surface area (TPSA) is 96.0 Å². The summed E-state index contributed by atoms with van der Waals surface area (Å²) in [5.74, 6) is -1.62. The summed E-state index contributed by atoms with van der Waals surface area (Å²) in [6, 6.07) is 26.4. The van der Waals surface area contributed by atoms with Gasteiger partial charge in [-0.25, -0.2) is 14.6 Å². The van der Waals surface area contributed by atoms with Gasteiger partial charge in [0, 0.05) is 5.69 Å². The van der Waals surface area contributed by atoms with Crippen LogP contribution in [-0.4, -0.2) is 30.4 Å². The van der Waals surface area contributed by atoms with Crippen LogP contribution in [0, 0.1) is 13.8 Å². The number of imide groups is 2. The Morgan fingerprint density at radius 3 is 1.95 bits per heavy atom. The van der Waals surface area contributed by atoms with Gasteiger partial charge in [0.1, 0.15) is 11.3 Å². The highest BCUT2D eigenvalue weighted by Gasteiger charge is 2.43. The highest BCUT2D eigenvalue weighted by Crippen LogP contribution is 2.31. The van der Waals surface area contributed by atoms with Crippen LogP contribution in [0.5, 0.6) is 5.75 Å². The third-order valence-electron chi connectivity index (χ3n) is 6.56. The van der Waals surface area contributed by atoms with Gasteiger partial charge in [-0.1, -0.05) is 71.8 Å². The first kappa shape index (κ1) is 28.3. The normalized spacial score (nSPS) is 13.3. The maximum atomic E-state index is 13.5. The SMILES string of the molecule is Cc1ccc(NC(=O)COc2ccc(C=C3C(=O)N(c4ccccc4)C(=O)N(c4ccccc4)C3=O)cc2Cl)c(C)c1.